The highest BCUT2D eigenvalue weighted by Gasteiger charge is 2.23. The molecule has 3 nitrogen and oxygen atoms in total. The Hall–Kier alpha value is -1.84. The second kappa shape index (κ2) is 5.21. The van der Waals surface area contributed by atoms with Crippen molar-refractivity contribution in [1.82, 2.24) is 4.90 Å². The van der Waals surface area contributed by atoms with Crippen LogP contribution in [0.4, 0.5) is 4.39 Å². The molecule has 1 aromatic rings. The molecule has 1 aromatic carbocycles. The molecule has 0 radical (unpaired) electrons. The molecule has 1 unspecified atom stereocenters. The van der Waals surface area contributed by atoms with Crippen LogP contribution in [0.3, 0.4) is 0 Å². The SMILES string of the molecule is CCC1C=CCN1C(=O)Cc1ccc(O)c(F)c1. The van der Waals surface area contributed by atoms with E-state index in [2.05, 4.69) is 0 Å². The molecule has 4 heteroatoms. The minimum atomic E-state index is -0.688. The molecule has 0 fully saturated rings. The fraction of sp³-hybridized carbons (Fsp3) is 0.357. The molecule has 1 aliphatic rings. The lowest BCUT2D eigenvalue weighted by Crippen LogP contribution is -2.36. The monoisotopic (exact) mass is 249 g/mol. The zero-order chi connectivity index (χ0) is 13.1. The van der Waals surface area contributed by atoms with Crippen molar-refractivity contribution >= 4 is 5.91 Å². The lowest BCUT2D eigenvalue weighted by molar-refractivity contribution is -0.130. The van der Waals surface area contributed by atoms with E-state index in [9.17, 15) is 9.18 Å². The molecule has 1 amide bonds. The number of nitrogens with zero attached hydrogens (tertiary/aromatic N) is 1. The number of hydrogen-bond acceptors (Lipinski definition) is 2. The molecule has 0 bridgehead atoms. The maximum atomic E-state index is 13.2. The molecule has 1 aliphatic heterocycles. The van der Waals surface area contributed by atoms with Gasteiger partial charge in [0.25, 0.3) is 0 Å². The van der Waals surface area contributed by atoms with Crippen LogP contribution in [0, 0.1) is 5.82 Å². The predicted octanol–water partition coefficient (Wildman–Crippen LogP) is 2.25. The van der Waals surface area contributed by atoms with Gasteiger partial charge in [-0.3, -0.25) is 4.79 Å². The average molecular weight is 249 g/mol. The topological polar surface area (TPSA) is 40.5 Å². The molecule has 1 atom stereocenters. The van der Waals surface area contributed by atoms with Crippen molar-refractivity contribution in [3.63, 3.8) is 0 Å². The van der Waals surface area contributed by atoms with Gasteiger partial charge in [0.2, 0.25) is 5.91 Å². The number of halogens is 1. The molecule has 1 N–H and O–H groups in total. The van der Waals surface area contributed by atoms with Crippen LogP contribution in [0.25, 0.3) is 0 Å². The first-order valence-electron chi connectivity index (χ1n) is 6.05. The van der Waals surface area contributed by atoms with Gasteiger partial charge in [-0.15, -0.1) is 0 Å². The zero-order valence-corrected chi connectivity index (χ0v) is 10.3. The van der Waals surface area contributed by atoms with E-state index in [1.165, 1.54) is 12.1 Å². The van der Waals surface area contributed by atoms with Crippen molar-refractivity contribution in [1.29, 1.82) is 0 Å². The minimum Gasteiger partial charge on any atom is -0.505 e. The largest absolute Gasteiger partial charge is 0.505 e. The number of carbonyl (C=O) groups excluding carboxylic acids is 1. The second-order valence-electron chi connectivity index (χ2n) is 4.41. The van der Waals surface area contributed by atoms with Gasteiger partial charge in [0, 0.05) is 6.54 Å². The minimum absolute atomic E-state index is 0.0167. The smallest absolute Gasteiger partial charge is 0.227 e. The van der Waals surface area contributed by atoms with Crippen molar-refractivity contribution in [2.75, 3.05) is 6.54 Å². The summed E-state index contributed by atoms with van der Waals surface area (Å²) in [7, 11) is 0. The van der Waals surface area contributed by atoms with E-state index in [0.29, 0.717) is 12.1 Å². The third-order valence-electron chi connectivity index (χ3n) is 3.17. The van der Waals surface area contributed by atoms with Crippen LogP contribution >= 0.6 is 0 Å². The number of hydrogen-bond donors (Lipinski definition) is 1. The first-order chi connectivity index (χ1) is 8.61. The van der Waals surface area contributed by atoms with Crippen LogP contribution in [-0.2, 0) is 11.2 Å². The lowest BCUT2D eigenvalue weighted by atomic mass is 10.1. The van der Waals surface area contributed by atoms with Crippen molar-refractivity contribution in [3.05, 3.63) is 41.7 Å². The number of phenolic OH excluding ortho intramolecular Hbond substituents is 1. The molecule has 0 saturated carbocycles. The number of rotatable bonds is 3. The van der Waals surface area contributed by atoms with Gasteiger partial charge in [0.15, 0.2) is 11.6 Å². The summed E-state index contributed by atoms with van der Waals surface area (Å²) in [4.78, 5) is 13.9. The summed E-state index contributed by atoms with van der Waals surface area (Å²) in [5.41, 5.74) is 0.581. The Labute approximate surface area is 106 Å². The molecule has 0 saturated heterocycles. The van der Waals surface area contributed by atoms with E-state index in [0.717, 1.165) is 6.42 Å². The van der Waals surface area contributed by atoms with Crippen LogP contribution in [0.2, 0.25) is 0 Å². The van der Waals surface area contributed by atoms with E-state index in [4.69, 9.17) is 5.11 Å². The van der Waals surface area contributed by atoms with Crippen LogP contribution in [-0.4, -0.2) is 28.5 Å². The summed E-state index contributed by atoms with van der Waals surface area (Å²) in [6.07, 6.45) is 5.04. The van der Waals surface area contributed by atoms with Crippen LogP contribution in [0.5, 0.6) is 5.75 Å². The number of amides is 1. The lowest BCUT2D eigenvalue weighted by Gasteiger charge is -2.23. The molecular weight excluding hydrogens is 233 g/mol. The summed E-state index contributed by atoms with van der Waals surface area (Å²) in [6.45, 7) is 2.65. The van der Waals surface area contributed by atoms with E-state index >= 15 is 0 Å². The van der Waals surface area contributed by atoms with Gasteiger partial charge in [0.05, 0.1) is 12.5 Å². The highest BCUT2D eigenvalue weighted by molar-refractivity contribution is 5.80. The van der Waals surface area contributed by atoms with Gasteiger partial charge in [-0.2, -0.15) is 0 Å². The Morgan fingerprint density at radius 3 is 3.00 bits per heavy atom. The van der Waals surface area contributed by atoms with Gasteiger partial charge in [-0.05, 0) is 24.1 Å². The summed E-state index contributed by atoms with van der Waals surface area (Å²) in [6, 6.07) is 4.20. The molecular formula is C14H16FNO2. The van der Waals surface area contributed by atoms with Crippen LogP contribution < -0.4 is 0 Å². The average Bonchev–Trinajstić information content (AvgIpc) is 2.82. The molecule has 0 spiro atoms. The fourth-order valence-corrected chi connectivity index (χ4v) is 2.15. The van der Waals surface area contributed by atoms with E-state index in [1.54, 1.807) is 11.0 Å². The molecule has 1 heterocycles. The maximum Gasteiger partial charge on any atom is 0.227 e. The Morgan fingerprint density at radius 2 is 2.33 bits per heavy atom. The third-order valence-corrected chi connectivity index (χ3v) is 3.17. The summed E-state index contributed by atoms with van der Waals surface area (Å²) >= 11 is 0. The number of carbonyl (C=O) groups is 1. The van der Waals surface area contributed by atoms with Gasteiger partial charge >= 0.3 is 0 Å². The summed E-state index contributed by atoms with van der Waals surface area (Å²) in [5.74, 6) is -1.09. The van der Waals surface area contributed by atoms with E-state index in [-0.39, 0.29) is 24.1 Å². The van der Waals surface area contributed by atoms with Gasteiger partial charge in [-0.25, -0.2) is 4.39 Å². The maximum absolute atomic E-state index is 13.2. The Balaban J connectivity index is 2.05. The second-order valence-corrected chi connectivity index (χ2v) is 4.41. The van der Waals surface area contributed by atoms with Gasteiger partial charge in [0.1, 0.15) is 0 Å². The van der Waals surface area contributed by atoms with Crippen molar-refractivity contribution in [2.24, 2.45) is 0 Å². The zero-order valence-electron chi connectivity index (χ0n) is 10.3. The van der Waals surface area contributed by atoms with Crippen molar-refractivity contribution < 1.29 is 14.3 Å². The molecule has 0 aromatic heterocycles. The molecule has 96 valence electrons. The standard InChI is InChI=1S/C14H16FNO2/c1-2-11-4-3-7-16(11)14(18)9-10-5-6-13(17)12(15)8-10/h3-6,8,11,17H,2,7,9H2,1H3. The third kappa shape index (κ3) is 2.53. The summed E-state index contributed by atoms with van der Waals surface area (Å²) in [5, 5.41) is 9.09. The fourth-order valence-electron chi connectivity index (χ4n) is 2.15. The quantitative estimate of drug-likeness (QED) is 0.835. The van der Waals surface area contributed by atoms with E-state index < -0.39 is 5.82 Å². The highest BCUT2D eigenvalue weighted by Crippen LogP contribution is 2.19. The predicted molar refractivity (Wildman–Crippen MR) is 66.7 cm³/mol. The normalized spacial score (nSPS) is 18.3. The first-order valence-corrected chi connectivity index (χ1v) is 6.05. The van der Waals surface area contributed by atoms with Crippen molar-refractivity contribution in [2.45, 2.75) is 25.8 Å². The number of aromatic hydroxyl groups is 1. The summed E-state index contributed by atoms with van der Waals surface area (Å²) < 4.78 is 13.2. The van der Waals surface area contributed by atoms with Gasteiger partial charge < -0.3 is 10.0 Å². The molecule has 0 aliphatic carbocycles. The Morgan fingerprint density at radius 1 is 1.56 bits per heavy atom. The van der Waals surface area contributed by atoms with Crippen LogP contribution in [0.15, 0.2) is 30.4 Å². The van der Waals surface area contributed by atoms with E-state index in [1.807, 2.05) is 19.1 Å². The molecule has 18 heavy (non-hydrogen) atoms. The highest BCUT2D eigenvalue weighted by atomic mass is 19.1. The van der Waals surface area contributed by atoms with Crippen molar-refractivity contribution in [3.8, 4) is 5.75 Å². The Bertz CT molecular complexity index is 485. The van der Waals surface area contributed by atoms with Crippen LogP contribution in [0.1, 0.15) is 18.9 Å². The Kier molecular flexibility index (Phi) is 3.65. The number of benzene rings is 1. The molecule has 2 rings (SSSR count). The first kappa shape index (κ1) is 12.6. The number of phenols is 1. The van der Waals surface area contributed by atoms with Gasteiger partial charge in [-0.1, -0.05) is 25.1 Å².